The first-order valence-electron chi connectivity index (χ1n) is 5.59. The van der Waals surface area contributed by atoms with Crippen LogP contribution in [0.1, 0.15) is 5.56 Å². The monoisotopic (exact) mass is 259 g/mol. The van der Waals surface area contributed by atoms with Crippen LogP contribution in [0.25, 0.3) is 0 Å². The zero-order valence-corrected chi connectivity index (χ0v) is 10.3. The molecule has 98 valence electrons. The summed E-state index contributed by atoms with van der Waals surface area (Å²) in [6.07, 6.45) is 0. The number of rotatable bonds is 4. The van der Waals surface area contributed by atoms with Crippen LogP contribution < -0.4 is 16.1 Å². The molecule has 0 fully saturated rings. The van der Waals surface area contributed by atoms with Crippen molar-refractivity contribution in [2.45, 2.75) is 6.92 Å². The van der Waals surface area contributed by atoms with Gasteiger partial charge in [0.2, 0.25) is 0 Å². The van der Waals surface area contributed by atoms with E-state index in [0.29, 0.717) is 11.4 Å². The summed E-state index contributed by atoms with van der Waals surface area (Å²) >= 11 is 0. The van der Waals surface area contributed by atoms with E-state index >= 15 is 0 Å². The van der Waals surface area contributed by atoms with Gasteiger partial charge in [-0.15, -0.1) is 0 Å². The molecule has 0 heterocycles. The molecule has 0 spiro atoms. The van der Waals surface area contributed by atoms with Crippen molar-refractivity contribution < 1.29 is 9.76 Å². The number of nitro groups is 1. The van der Waals surface area contributed by atoms with Gasteiger partial charge >= 0.3 is 0 Å². The number of non-ortho nitro benzene ring substituents is 1. The molecule has 2 aromatic carbocycles. The van der Waals surface area contributed by atoms with Gasteiger partial charge in [0, 0.05) is 23.5 Å². The lowest BCUT2D eigenvalue weighted by Gasteiger charge is -2.09. The van der Waals surface area contributed by atoms with E-state index < -0.39 is 4.92 Å². The Balaban J connectivity index is 2.26. The number of nitrogens with two attached hydrogens (primary N) is 1. The highest BCUT2D eigenvalue weighted by molar-refractivity contribution is 5.66. The van der Waals surface area contributed by atoms with Crippen molar-refractivity contribution in [1.29, 1.82) is 0 Å². The van der Waals surface area contributed by atoms with E-state index in [1.807, 2.05) is 6.92 Å². The van der Waals surface area contributed by atoms with Crippen LogP contribution in [-0.4, -0.2) is 4.92 Å². The topological polar surface area (TPSA) is 90.4 Å². The first kappa shape index (κ1) is 12.8. The SMILES string of the molecule is Cc1ccc([N+](=O)[O-])cc1Nc1ccc(ON)cc1. The summed E-state index contributed by atoms with van der Waals surface area (Å²) < 4.78 is 0. The van der Waals surface area contributed by atoms with Crippen LogP contribution in [0, 0.1) is 17.0 Å². The Morgan fingerprint density at radius 3 is 2.47 bits per heavy atom. The molecule has 0 unspecified atom stereocenters. The van der Waals surface area contributed by atoms with Crippen LogP contribution in [0.4, 0.5) is 17.1 Å². The van der Waals surface area contributed by atoms with Crippen LogP contribution >= 0.6 is 0 Å². The molecule has 0 amide bonds. The van der Waals surface area contributed by atoms with Crippen LogP contribution in [-0.2, 0) is 0 Å². The second-order valence-electron chi connectivity index (χ2n) is 4.02. The summed E-state index contributed by atoms with van der Waals surface area (Å²) in [6, 6.07) is 11.7. The van der Waals surface area contributed by atoms with Gasteiger partial charge in [-0.05, 0) is 36.8 Å². The van der Waals surface area contributed by atoms with Gasteiger partial charge < -0.3 is 10.2 Å². The van der Waals surface area contributed by atoms with Gasteiger partial charge in [-0.25, -0.2) is 0 Å². The third kappa shape index (κ3) is 2.99. The van der Waals surface area contributed by atoms with Crippen molar-refractivity contribution in [3.63, 3.8) is 0 Å². The average Bonchev–Trinajstić information content (AvgIpc) is 2.42. The summed E-state index contributed by atoms with van der Waals surface area (Å²) in [5.74, 6) is 5.58. The maximum atomic E-state index is 10.7. The van der Waals surface area contributed by atoms with Crippen LogP contribution in [0.5, 0.6) is 5.75 Å². The van der Waals surface area contributed by atoms with E-state index in [9.17, 15) is 10.1 Å². The second kappa shape index (κ2) is 5.36. The minimum atomic E-state index is -0.421. The summed E-state index contributed by atoms with van der Waals surface area (Å²) in [6.45, 7) is 1.88. The van der Waals surface area contributed by atoms with E-state index in [4.69, 9.17) is 5.90 Å². The van der Waals surface area contributed by atoms with Crippen molar-refractivity contribution in [3.8, 4) is 5.75 Å². The number of anilines is 2. The number of hydrogen-bond donors (Lipinski definition) is 2. The summed E-state index contributed by atoms with van der Waals surface area (Å²) in [5, 5.41) is 13.9. The van der Waals surface area contributed by atoms with E-state index in [1.54, 1.807) is 30.3 Å². The largest absolute Gasteiger partial charge is 0.412 e. The smallest absolute Gasteiger partial charge is 0.271 e. The fourth-order valence-corrected chi connectivity index (χ4v) is 1.63. The Labute approximate surface area is 109 Å². The standard InChI is InChI=1S/C13H13N3O3/c1-9-2-5-11(16(17)18)8-13(9)15-10-3-6-12(19-14)7-4-10/h2-8,15H,14H2,1H3. The second-order valence-corrected chi connectivity index (χ2v) is 4.02. The fourth-order valence-electron chi connectivity index (χ4n) is 1.63. The molecule has 0 atom stereocenters. The molecule has 0 radical (unpaired) electrons. The molecule has 6 heteroatoms. The van der Waals surface area contributed by atoms with Gasteiger partial charge in [-0.1, -0.05) is 6.07 Å². The number of nitrogens with zero attached hydrogens (tertiary/aromatic N) is 1. The van der Waals surface area contributed by atoms with Crippen molar-refractivity contribution in [2.75, 3.05) is 5.32 Å². The fraction of sp³-hybridized carbons (Fsp3) is 0.0769. The minimum Gasteiger partial charge on any atom is -0.412 e. The minimum absolute atomic E-state index is 0.0509. The lowest BCUT2D eigenvalue weighted by atomic mass is 10.1. The zero-order chi connectivity index (χ0) is 13.8. The molecule has 6 nitrogen and oxygen atoms in total. The van der Waals surface area contributed by atoms with E-state index in [0.717, 1.165) is 11.3 Å². The molecule has 0 saturated heterocycles. The van der Waals surface area contributed by atoms with Crippen molar-refractivity contribution >= 4 is 17.1 Å². The van der Waals surface area contributed by atoms with E-state index in [2.05, 4.69) is 10.2 Å². The molecule has 0 aliphatic heterocycles. The van der Waals surface area contributed by atoms with Crippen molar-refractivity contribution in [3.05, 3.63) is 58.1 Å². The lowest BCUT2D eigenvalue weighted by Crippen LogP contribution is -2.01. The van der Waals surface area contributed by atoms with Gasteiger partial charge in [-0.3, -0.25) is 10.1 Å². The third-order valence-electron chi connectivity index (χ3n) is 2.70. The van der Waals surface area contributed by atoms with Gasteiger partial charge in [-0.2, -0.15) is 5.90 Å². The molecular formula is C13H13N3O3. The molecule has 2 rings (SSSR count). The highest BCUT2D eigenvalue weighted by atomic mass is 16.6. The molecule has 0 aliphatic carbocycles. The Hall–Kier alpha value is -2.60. The highest BCUT2D eigenvalue weighted by Crippen LogP contribution is 2.26. The summed E-state index contributed by atoms with van der Waals surface area (Å²) in [4.78, 5) is 14.9. The average molecular weight is 259 g/mol. The van der Waals surface area contributed by atoms with E-state index in [-0.39, 0.29) is 5.69 Å². The van der Waals surface area contributed by atoms with Gasteiger partial charge in [0.25, 0.3) is 5.69 Å². The number of hydrogen-bond acceptors (Lipinski definition) is 5. The van der Waals surface area contributed by atoms with Gasteiger partial charge in [0.1, 0.15) is 5.75 Å². The lowest BCUT2D eigenvalue weighted by molar-refractivity contribution is -0.384. The van der Waals surface area contributed by atoms with Crippen LogP contribution in [0.3, 0.4) is 0 Å². The Morgan fingerprint density at radius 1 is 1.21 bits per heavy atom. The molecule has 3 N–H and O–H groups in total. The third-order valence-corrected chi connectivity index (χ3v) is 2.70. The number of nitrogens with one attached hydrogen (secondary N) is 1. The first-order chi connectivity index (χ1) is 9.10. The predicted molar refractivity (Wildman–Crippen MR) is 72.4 cm³/mol. The van der Waals surface area contributed by atoms with E-state index in [1.165, 1.54) is 12.1 Å². The normalized spacial score (nSPS) is 10.0. The highest BCUT2D eigenvalue weighted by Gasteiger charge is 2.08. The van der Waals surface area contributed by atoms with Gasteiger partial charge in [0.15, 0.2) is 0 Å². The first-order valence-corrected chi connectivity index (χ1v) is 5.59. The molecule has 0 aromatic heterocycles. The summed E-state index contributed by atoms with van der Waals surface area (Å²) in [7, 11) is 0. The Bertz CT molecular complexity index is 597. The molecule has 0 aliphatic rings. The molecule has 0 saturated carbocycles. The number of nitro benzene ring substituents is 1. The molecular weight excluding hydrogens is 246 g/mol. The molecule has 19 heavy (non-hydrogen) atoms. The predicted octanol–water partition coefficient (Wildman–Crippen LogP) is 2.90. The Kier molecular flexibility index (Phi) is 3.63. The molecule has 2 aromatic rings. The van der Waals surface area contributed by atoms with Crippen molar-refractivity contribution in [2.24, 2.45) is 5.90 Å². The number of aryl methyl sites for hydroxylation is 1. The van der Waals surface area contributed by atoms with Crippen LogP contribution in [0.2, 0.25) is 0 Å². The molecule has 0 bridgehead atoms. The maximum absolute atomic E-state index is 10.7. The van der Waals surface area contributed by atoms with Gasteiger partial charge in [0.05, 0.1) is 4.92 Å². The summed E-state index contributed by atoms with van der Waals surface area (Å²) in [5.41, 5.74) is 2.46. The zero-order valence-electron chi connectivity index (χ0n) is 10.3. The maximum Gasteiger partial charge on any atom is 0.271 e. The Morgan fingerprint density at radius 2 is 1.89 bits per heavy atom. The quantitative estimate of drug-likeness (QED) is 0.650. The van der Waals surface area contributed by atoms with Crippen molar-refractivity contribution in [1.82, 2.24) is 0 Å². The van der Waals surface area contributed by atoms with Crippen LogP contribution in [0.15, 0.2) is 42.5 Å². The number of benzene rings is 2.